The van der Waals surface area contributed by atoms with E-state index in [2.05, 4.69) is 15.3 Å². The third kappa shape index (κ3) is 3.15. The Morgan fingerprint density at radius 2 is 1.96 bits per heavy atom. The van der Waals surface area contributed by atoms with Gasteiger partial charge >= 0.3 is 6.18 Å². The first-order chi connectivity index (χ1) is 11.4. The van der Waals surface area contributed by atoms with Gasteiger partial charge in [-0.2, -0.15) is 13.2 Å². The van der Waals surface area contributed by atoms with Crippen LogP contribution in [0.25, 0.3) is 0 Å². The summed E-state index contributed by atoms with van der Waals surface area (Å²) in [6.07, 6.45) is -3.34. The first kappa shape index (κ1) is 16.2. The molecule has 1 aromatic carbocycles. The summed E-state index contributed by atoms with van der Waals surface area (Å²) in [5.41, 5.74) is -0.965. The van der Waals surface area contributed by atoms with Gasteiger partial charge in [0.2, 0.25) is 11.9 Å². The molecular formula is C15H12F4N4O. The minimum absolute atomic E-state index is 0.136. The molecule has 3 rings (SSSR count). The van der Waals surface area contributed by atoms with E-state index in [4.69, 9.17) is 0 Å². The quantitative estimate of drug-likeness (QED) is 0.873. The smallest absolute Gasteiger partial charge is 0.342 e. The largest absolute Gasteiger partial charge is 0.433 e. The number of hydrogen-bond acceptors (Lipinski definition) is 4. The number of amides is 1. The van der Waals surface area contributed by atoms with Crippen LogP contribution in [-0.4, -0.2) is 28.5 Å². The van der Waals surface area contributed by atoms with Crippen molar-refractivity contribution in [2.45, 2.75) is 18.6 Å². The van der Waals surface area contributed by atoms with E-state index >= 15 is 0 Å². The molecule has 0 radical (unpaired) electrons. The topological polar surface area (TPSA) is 58.1 Å². The van der Waals surface area contributed by atoms with Crippen LogP contribution in [0.3, 0.4) is 0 Å². The number of benzene rings is 1. The zero-order chi connectivity index (χ0) is 17.3. The van der Waals surface area contributed by atoms with Gasteiger partial charge in [-0.1, -0.05) is 12.1 Å². The molecule has 1 N–H and O–H groups in total. The molecule has 24 heavy (non-hydrogen) atoms. The highest BCUT2D eigenvalue weighted by Gasteiger charge is 2.36. The maximum atomic E-state index is 13.8. The number of anilines is 2. The second-order valence-corrected chi connectivity index (χ2v) is 5.19. The van der Waals surface area contributed by atoms with Gasteiger partial charge in [0.1, 0.15) is 17.6 Å². The van der Waals surface area contributed by atoms with Crippen LogP contribution in [0.2, 0.25) is 0 Å². The summed E-state index contributed by atoms with van der Waals surface area (Å²) in [4.78, 5) is 20.7. The molecule has 2 aromatic rings. The van der Waals surface area contributed by atoms with Gasteiger partial charge in [-0.25, -0.2) is 14.4 Å². The van der Waals surface area contributed by atoms with Gasteiger partial charge < -0.3 is 10.2 Å². The van der Waals surface area contributed by atoms with Crippen LogP contribution in [0.5, 0.6) is 0 Å². The summed E-state index contributed by atoms with van der Waals surface area (Å²) in [6, 6.07) is 5.74. The number of halogens is 4. The molecule has 0 aliphatic carbocycles. The summed E-state index contributed by atoms with van der Waals surface area (Å²) in [7, 11) is 0. The van der Waals surface area contributed by atoms with Gasteiger partial charge in [0.15, 0.2) is 0 Å². The van der Waals surface area contributed by atoms with Gasteiger partial charge in [-0.15, -0.1) is 0 Å². The number of carbonyl (C=O) groups excluding carboxylic acids is 1. The summed E-state index contributed by atoms with van der Waals surface area (Å²) in [5.74, 6) is -1.28. The molecule has 1 amide bonds. The van der Waals surface area contributed by atoms with Crippen LogP contribution in [0.1, 0.15) is 12.1 Å². The van der Waals surface area contributed by atoms with Crippen LogP contribution < -0.4 is 10.2 Å². The minimum atomic E-state index is -4.60. The number of nitrogens with one attached hydrogen (secondary N) is 1. The van der Waals surface area contributed by atoms with E-state index in [1.54, 1.807) is 6.07 Å². The molecule has 126 valence electrons. The fourth-order valence-electron chi connectivity index (χ4n) is 2.47. The first-order valence-corrected chi connectivity index (χ1v) is 7.09. The zero-order valence-corrected chi connectivity index (χ0v) is 12.2. The first-order valence-electron chi connectivity index (χ1n) is 7.09. The van der Waals surface area contributed by atoms with Crippen molar-refractivity contribution in [2.75, 3.05) is 16.8 Å². The monoisotopic (exact) mass is 340 g/mol. The molecule has 1 saturated heterocycles. The number of alkyl halides is 3. The number of para-hydroxylation sites is 1. The van der Waals surface area contributed by atoms with Crippen LogP contribution >= 0.6 is 0 Å². The van der Waals surface area contributed by atoms with Crippen molar-refractivity contribution in [3.63, 3.8) is 0 Å². The lowest BCUT2D eigenvalue weighted by Crippen LogP contribution is -2.34. The van der Waals surface area contributed by atoms with E-state index in [1.165, 1.54) is 23.1 Å². The lowest BCUT2D eigenvalue weighted by atomic mass is 10.2. The van der Waals surface area contributed by atoms with Gasteiger partial charge in [-0.05, 0) is 24.6 Å². The highest BCUT2D eigenvalue weighted by Crippen LogP contribution is 2.28. The Balaban J connectivity index is 1.76. The molecule has 0 unspecified atom stereocenters. The van der Waals surface area contributed by atoms with E-state index in [0.717, 1.165) is 12.3 Å². The van der Waals surface area contributed by atoms with E-state index in [1.807, 2.05) is 0 Å². The fraction of sp³-hybridized carbons (Fsp3) is 0.267. The maximum absolute atomic E-state index is 13.8. The van der Waals surface area contributed by atoms with Crippen molar-refractivity contribution in [1.29, 1.82) is 0 Å². The van der Waals surface area contributed by atoms with Crippen molar-refractivity contribution >= 4 is 17.5 Å². The standard InChI is InChI=1S/C15H12F4N4O/c16-9-3-1-2-4-11(9)23-8-6-10(13(23)24)21-14-20-7-5-12(22-14)15(17,18)19/h1-5,7,10H,6,8H2,(H,20,21,22)/t10-/m1/s1. The molecular weight excluding hydrogens is 328 g/mol. The summed E-state index contributed by atoms with van der Waals surface area (Å²) < 4.78 is 51.7. The average molecular weight is 340 g/mol. The highest BCUT2D eigenvalue weighted by molar-refractivity contribution is 6.00. The normalized spacial score (nSPS) is 18.1. The molecule has 1 aliphatic heterocycles. The van der Waals surface area contributed by atoms with Gasteiger partial charge in [0, 0.05) is 12.7 Å². The SMILES string of the molecule is O=C1[C@H](Nc2nccc(C(F)(F)F)n2)CCN1c1ccccc1F. The Morgan fingerprint density at radius 3 is 2.67 bits per heavy atom. The maximum Gasteiger partial charge on any atom is 0.433 e. The summed E-state index contributed by atoms with van der Waals surface area (Å²) in [6.45, 7) is 0.246. The van der Waals surface area contributed by atoms with Crippen LogP contribution in [-0.2, 0) is 11.0 Å². The average Bonchev–Trinajstić information content (AvgIpc) is 2.88. The van der Waals surface area contributed by atoms with E-state index in [0.29, 0.717) is 6.42 Å². The minimum Gasteiger partial charge on any atom is -0.342 e. The zero-order valence-electron chi connectivity index (χ0n) is 12.2. The predicted octanol–water partition coefficient (Wildman–Crippen LogP) is 2.85. The lowest BCUT2D eigenvalue weighted by molar-refractivity contribution is -0.141. The molecule has 1 aliphatic rings. The van der Waals surface area contributed by atoms with Crippen molar-refractivity contribution in [1.82, 2.24) is 9.97 Å². The van der Waals surface area contributed by atoms with Gasteiger partial charge in [-0.3, -0.25) is 4.79 Å². The van der Waals surface area contributed by atoms with Crippen LogP contribution in [0.4, 0.5) is 29.2 Å². The Labute approximate surface area is 134 Å². The Kier molecular flexibility index (Phi) is 4.08. The van der Waals surface area contributed by atoms with Crippen molar-refractivity contribution in [2.24, 2.45) is 0 Å². The number of rotatable bonds is 3. The third-order valence-corrected chi connectivity index (χ3v) is 3.60. The molecule has 1 atom stereocenters. The van der Waals surface area contributed by atoms with Crippen molar-refractivity contribution in [3.05, 3.63) is 48.0 Å². The molecule has 5 nitrogen and oxygen atoms in total. The molecule has 0 bridgehead atoms. The van der Waals surface area contributed by atoms with E-state index < -0.39 is 29.6 Å². The number of hydrogen-bond donors (Lipinski definition) is 1. The third-order valence-electron chi connectivity index (χ3n) is 3.60. The number of aromatic nitrogens is 2. The molecule has 1 fully saturated rings. The Morgan fingerprint density at radius 1 is 1.21 bits per heavy atom. The Bertz CT molecular complexity index is 765. The van der Waals surface area contributed by atoms with E-state index in [-0.39, 0.29) is 18.2 Å². The Hall–Kier alpha value is -2.71. The van der Waals surface area contributed by atoms with Crippen LogP contribution in [0.15, 0.2) is 36.5 Å². The predicted molar refractivity (Wildman–Crippen MR) is 77.8 cm³/mol. The second kappa shape index (κ2) is 6.06. The molecule has 0 saturated carbocycles. The van der Waals surface area contributed by atoms with Crippen molar-refractivity contribution in [3.8, 4) is 0 Å². The second-order valence-electron chi connectivity index (χ2n) is 5.19. The number of carbonyl (C=O) groups is 1. The van der Waals surface area contributed by atoms with E-state index in [9.17, 15) is 22.4 Å². The molecule has 2 heterocycles. The van der Waals surface area contributed by atoms with Crippen LogP contribution in [0, 0.1) is 5.82 Å². The molecule has 1 aromatic heterocycles. The molecule has 9 heteroatoms. The van der Waals surface area contributed by atoms with Gasteiger partial charge in [0.25, 0.3) is 0 Å². The van der Waals surface area contributed by atoms with Crippen molar-refractivity contribution < 1.29 is 22.4 Å². The highest BCUT2D eigenvalue weighted by atomic mass is 19.4. The summed E-state index contributed by atoms with van der Waals surface area (Å²) in [5, 5.41) is 2.59. The fourth-order valence-corrected chi connectivity index (χ4v) is 2.47. The molecule has 0 spiro atoms. The summed E-state index contributed by atoms with van der Waals surface area (Å²) >= 11 is 0. The van der Waals surface area contributed by atoms with Gasteiger partial charge in [0.05, 0.1) is 5.69 Å². The lowest BCUT2D eigenvalue weighted by Gasteiger charge is -2.18. The number of nitrogens with zero attached hydrogens (tertiary/aromatic N) is 3.